The second-order valence-corrected chi connectivity index (χ2v) is 7.07. The van der Waals surface area contributed by atoms with Gasteiger partial charge in [-0.15, -0.1) is 13.2 Å². The molecular formula is C22H22F3N3O6. The molecule has 0 spiro atoms. The number of hydrogen-bond donors (Lipinski definition) is 2. The van der Waals surface area contributed by atoms with Gasteiger partial charge in [0.15, 0.2) is 11.5 Å². The third-order valence-electron chi connectivity index (χ3n) is 4.75. The predicted octanol–water partition coefficient (Wildman–Crippen LogP) is 3.80. The zero-order valence-electron chi connectivity index (χ0n) is 18.7. The van der Waals surface area contributed by atoms with Crippen LogP contribution < -0.4 is 24.3 Å². The molecule has 0 saturated heterocycles. The maximum Gasteiger partial charge on any atom is 0.573 e. The van der Waals surface area contributed by atoms with Gasteiger partial charge in [-0.2, -0.15) is 0 Å². The first-order valence-corrected chi connectivity index (χ1v) is 9.79. The predicted molar refractivity (Wildman–Crippen MR) is 117 cm³/mol. The molecule has 0 fully saturated rings. The van der Waals surface area contributed by atoms with E-state index in [1.165, 1.54) is 45.4 Å². The third kappa shape index (κ3) is 5.45. The van der Waals surface area contributed by atoms with Crippen molar-refractivity contribution < 1.29 is 41.7 Å². The van der Waals surface area contributed by atoms with Crippen LogP contribution in [-0.2, 0) is 4.79 Å². The molecule has 2 amide bonds. The molecule has 34 heavy (non-hydrogen) atoms. The van der Waals surface area contributed by atoms with Crippen LogP contribution in [0.1, 0.15) is 10.5 Å². The molecule has 3 aromatic rings. The first-order valence-electron chi connectivity index (χ1n) is 9.79. The number of halogens is 3. The minimum absolute atomic E-state index is 0.201. The summed E-state index contributed by atoms with van der Waals surface area (Å²) in [6.45, 7) is -0.307. The number of anilines is 1. The van der Waals surface area contributed by atoms with Crippen molar-refractivity contribution in [2.45, 2.75) is 6.36 Å². The van der Waals surface area contributed by atoms with Gasteiger partial charge < -0.3 is 34.1 Å². The van der Waals surface area contributed by atoms with Gasteiger partial charge in [0, 0.05) is 18.1 Å². The van der Waals surface area contributed by atoms with Crippen molar-refractivity contribution in [2.24, 2.45) is 0 Å². The van der Waals surface area contributed by atoms with Gasteiger partial charge in [-0.3, -0.25) is 9.59 Å². The summed E-state index contributed by atoms with van der Waals surface area (Å²) < 4.78 is 56.6. The average molecular weight is 481 g/mol. The molecule has 1 aromatic heterocycles. The standard InChI is InChI=1S/C22H22F3N3O6/c1-28(11-17(29)26-13-5-7-14(8-6-13)34-22(23,24)25)21(30)15-9-12-10-16(31-2)19(32-3)20(33-4)18(12)27-15/h5-10,27H,11H2,1-4H3,(H,26,29). The van der Waals surface area contributed by atoms with Gasteiger partial charge >= 0.3 is 6.36 Å². The fourth-order valence-electron chi connectivity index (χ4n) is 3.29. The zero-order valence-corrected chi connectivity index (χ0v) is 18.7. The highest BCUT2D eigenvalue weighted by Crippen LogP contribution is 2.43. The minimum atomic E-state index is -4.81. The summed E-state index contributed by atoms with van der Waals surface area (Å²) in [7, 11) is 5.83. The van der Waals surface area contributed by atoms with Crippen LogP contribution in [0.3, 0.4) is 0 Å². The molecule has 12 heteroatoms. The molecule has 2 N–H and O–H groups in total. The Hall–Kier alpha value is -4.09. The minimum Gasteiger partial charge on any atom is -0.493 e. The van der Waals surface area contributed by atoms with Crippen LogP contribution in [-0.4, -0.2) is 63.0 Å². The summed E-state index contributed by atoms with van der Waals surface area (Å²) in [6.07, 6.45) is -4.81. The largest absolute Gasteiger partial charge is 0.573 e. The van der Waals surface area contributed by atoms with Crippen LogP contribution >= 0.6 is 0 Å². The molecule has 0 bridgehead atoms. The van der Waals surface area contributed by atoms with E-state index < -0.39 is 23.9 Å². The molecule has 0 aliphatic carbocycles. The Morgan fingerprint density at radius 2 is 1.65 bits per heavy atom. The molecule has 0 unspecified atom stereocenters. The van der Waals surface area contributed by atoms with Gasteiger partial charge in [-0.1, -0.05) is 0 Å². The summed E-state index contributed by atoms with van der Waals surface area (Å²) in [6, 6.07) is 7.92. The maximum atomic E-state index is 12.9. The number of fused-ring (bicyclic) bond motifs is 1. The molecule has 0 atom stereocenters. The van der Waals surface area contributed by atoms with Crippen molar-refractivity contribution in [2.75, 3.05) is 40.2 Å². The second kappa shape index (κ2) is 9.81. The number of alkyl halides is 3. The van der Waals surface area contributed by atoms with E-state index in [1.54, 1.807) is 12.1 Å². The van der Waals surface area contributed by atoms with Crippen LogP contribution in [0, 0.1) is 0 Å². The number of carbonyl (C=O) groups is 2. The lowest BCUT2D eigenvalue weighted by Gasteiger charge is -2.16. The molecule has 0 radical (unpaired) electrons. The summed E-state index contributed by atoms with van der Waals surface area (Å²) in [5, 5.41) is 3.15. The van der Waals surface area contributed by atoms with Gasteiger partial charge in [0.1, 0.15) is 11.4 Å². The molecule has 182 valence electrons. The Labute approximate surface area is 192 Å². The number of ether oxygens (including phenoxy) is 4. The van der Waals surface area contributed by atoms with E-state index in [9.17, 15) is 22.8 Å². The molecule has 0 aliphatic rings. The number of benzene rings is 2. The van der Waals surface area contributed by atoms with E-state index in [4.69, 9.17) is 14.2 Å². The Morgan fingerprint density at radius 1 is 1.00 bits per heavy atom. The highest BCUT2D eigenvalue weighted by molar-refractivity contribution is 6.03. The van der Waals surface area contributed by atoms with E-state index in [2.05, 4.69) is 15.0 Å². The van der Waals surface area contributed by atoms with Crippen LogP contribution in [0.25, 0.3) is 10.9 Å². The van der Waals surface area contributed by atoms with Crippen molar-refractivity contribution in [1.82, 2.24) is 9.88 Å². The summed E-state index contributed by atoms with van der Waals surface area (Å²) in [5.74, 6) is -0.297. The quantitative estimate of drug-likeness (QED) is 0.508. The van der Waals surface area contributed by atoms with Crippen molar-refractivity contribution in [3.05, 3.63) is 42.1 Å². The first-order chi connectivity index (χ1) is 16.1. The second-order valence-electron chi connectivity index (χ2n) is 7.07. The number of amides is 2. The SMILES string of the molecule is COc1cc2cc(C(=O)N(C)CC(=O)Nc3ccc(OC(F)(F)F)cc3)[nH]c2c(OC)c1OC. The maximum absolute atomic E-state index is 12.9. The van der Waals surface area contributed by atoms with E-state index in [0.717, 1.165) is 12.1 Å². The number of rotatable bonds is 8. The fraction of sp³-hybridized carbons (Fsp3) is 0.273. The average Bonchev–Trinajstić information content (AvgIpc) is 3.21. The van der Waals surface area contributed by atoms with Crippen LogP contribution in [0.5, 0.6) is 23.0 Å². The van der Waals surface area contributed by atoms with E-state index in [1.807, 2.05) is 0 Å². The first kappa shape index (κ1) is 24.6. The van der Waals surface area contributed by atoms with Gasteiger partial charge in [0.2, 0.25) is 11.7 Å². The van der Waals surface area contributed by atoms with Gasteiger partial charge in [0.25, 0.3) is 5.91 Å². The Kier molecular flexibility index (Phi) is 7.08. The Morgan fingerprint density at radius 3 is 2.21 bits per heavy atom. The lowest BCUT2D eigenvalue weighted by Crippen LogP contribution is -2.35. The third-order valence-corrected chi connectivity index (χ3v) is 4.75. The number of carbonyl (C=O) groups excluding carboxylic acids is 2. The van der Waals surface area contributed by atoms with Crippen LogP contribution in [0.4, 0.5) is 18.9 Å². The number of nitrogens with one attached hydrogen (secondary N) is 2. The summed E-state index contributed by atoms with van der Waals surface area (Å²) >= 11 is 0. The number of H-pyrrole nitrogens is 1. The van der Waals surface area contributed by atoms with Gasteiger partial charge in [-0.05, 0) is 36.4 Å². The van der Waals surface area contributed by atoms with E-state index >= 15 is 0 Å². The fourth-order valence-corrected chi connectivity index (χ4v) is 3.29. The zero-order chi connectivity index (χ0) is 25.0. The Bertz CT molecular complexity index is 1190. The number of methoxy groups -OCH3 is 3. The molecule has 0 aliphatic heterocycles. The molecular weight excluding hydrogens is 459 g/mol. The molecule has 1 heterocycles. The molecule has 3 rings (SSSR count). The monoisotopic (exact) mass is 481 g/mol. The van der Waals surface area contributed by atoms with Gasteiger partial charge in [0.05, 0.1) is 33.4 Å². The van der Waals surface area contributed by atoms with Crippen LogP contribution in [0.15, 0.2) is 36.4 Å². The van der Waals surface area contributed by atoms with Crippen molar-refractivity contribution in [3.63, 3.8) is 0 Å². The van der Waals surface area contributed by atoms with E-state index in [-0.39, 0.29) is 17.9 Å². The highest BCUT2D eigenvalue weighted by Gasteiger charge is 2.31. The summed E-state index contributed by atoms with van der Waals surface area (Å²) in [5.41, 5.74) is 0.963. The number of nitrogens with zero attached hydrogens (tertiary/aromatic N) is 1. The van der Waals surface area contributed by atoms with Crippen molar-refractivity contribution >= 4 is 28.4 Å². The van der Waals surface area contributed by atoms with E-state index in [0.29, 0.717) is 28.2 Å². The van der Waals surface area contributed by atoms with Crippen LogP contribution in [0.2, 0.25) is 0 Å². The highest BCUT2D eigenvalue weighted by atomic mass is 19.4. The van der Waals surface area contributed by atoms with Crippen molar-refractivity contribution in [1.29, 1.82) is 0 Å². The lowest BCUT2D eigenvalue weighted by atomic mass is 10.2. The molecule has 0 saturated carbocycles. The smallest absolute Gasteiger partial charge is 0.493 e. The number of aromatic amines is 1. The van der Waals surface area contributed by atoms with Gasteiger partial charge in [-0.25, -0.2) is 0 Å². The number of aromatic nitrogens is 1. The normalized spacial score (nSPS) is 11.1. The molecule has 9 nitrogen and oxygen atoms in total. The number of likely N-dealkylation sites (N-methyl/N-ethyl adjacent to an activating group) is 1. The van der Waals surface area contributed by atoms with Crippen molar-refractivity contribution in [3.8, 4) is 23.0 Å². The molecule has 2 aromatic carbocycles. The lowest BCUT2D eigenvalue weighted by molar-refractivity contribution is -0.274. The Balaban J connectivity index is 1.71. The number of hydrogen-bond acceptors (Lipinski definition) is 6. The topological polar surface area (TPSA) is 102 Å². The summed E-state index contributed by atoms with van der Waals surface area (Å²) in [4.78, 5) is 29.4.